The van der Waals surface area contributed by atoms with Crippen LogP contribution in [0.5, 0.6) is 0 Å². The van der Waals surface area contributed by atoms with Crippen LogP contribution in [0.15, 0.2) is 0 Å². The Hall–Kier alpha value is -0.820. The zero-order chi connectivity index (χ0) is 14.5. The fraction of sp³-hybridized carbons (Fsp3) is 0.917. The molecule has 0 aromatic heterocycles. The van der Waals surface area contributed by atoms with Gasteiger partial charge in [-0.2, -0.15) is 0 Å². The number of sulfone groups is 1. The molecule has 1 rings (SSSR count). The lowest BCUT2D eigenvalue weighted by Gasteiger charge is -2.34. The lowest BCUT2D eigenvalue weighted by atomic mass is 10.1. The van der Waals surface area contributed by atoms with Gasteiger partial charge in [-0.25, -0.2) is 13.2 Å². The number of rotatable bonds is 5. The molecule has 1 heterocycles. The predicted molar refractivity (Wildman–Crippen MR) is 76.0 cm³/mol. The first kappa shape index (κ1) is 16.2. The summed E-state index contributed by atoms with van der Waals surface area (Å²) in [6.07, 6.45) is 1.76. The molecular formula is C12H25N3O3S. The highest BCUT2D eigenvalue weighted by molar-refractivity contribution is 7.91. The zero-order valence-corrected chi connectivity index (χ0v) is 12.9. The molecule has 2 amide bonds. The van der Waals surface area contributed by atoms with E-state index in [0.29, 0.717) is 12.6 Å². The maximum absolute atomic E-state index is 11.7. The van der Waals surface area contributed by atoms with Gasteiger partial charge in [-0.15, -0.1) is 0 Å². The van der Waals surface area contributed by atoms with E-state index >= 15 is 0 Å². The van der Waals surface area contributed by atoms with Gasteiger partial charge in [0.2, 0.25) is 0 Å². The second kappa shape index (κ2) is 7.09. The maximum atomic E-state index is 11.7. The van der Waals surface area contributed by atoms with E-state index in [-0.39, 0.29) is 17.5 Å². The molecule has 19 heavy (non-hydrogen) atoms. The molecular weight excluding hydrogens is 266 g/mol. The van der Waals surface area contributed by atoms with Crippen molar-refractivity contribution < 1.29 is 13.2 Å². The van der Waals surface area contributed by atoms with Crippen molar-refractivity contribution in [1.82, 2.24) is 15.1 Å². The van der Waals surface area contributed by atoms with Crippen LogP contribution in [0.4, 0.5) is 4.79 Å². The number of hydrogen-bond acceptors (Lipinski definition) is 4. The van der Waals surface area contributed by atoms with Crippen LogP contribution in [-0.4, -0.2) is 75.5 Å². The molecule has 1 aliphatic heterocycles. The van der Waals surface area contributed by atoms with E-state index in [1.165, 1.54) is 0 Å². The number of amides is 2. The zero-order valence-electron chi connectivity index (χ0n) is 12.1. The number of carbonyl (C=O) groups is 1. The molecule has 0 spiro atoms. The van der Waals surface area contributed by atoms with Crippen molar-refractivity contribution in [1.29, 1.82) is 0 Å². The van der Waals surface area contributed by atoms with Crippen LogP contribution in [0.25, 0.3) is 0 Å². The van der Waals surface area contributed by atoms with E-state index in [9.17, 15) is 13.2 Å². The van der Waals surface area contributed by atoms with E-state index < -0.39 is 9.84 Å². The van der Waals surface area contributed by atoms with Crippen molar-refractivity contribution >= 4 is 15.9 Å². The predicted octanol–water partition coefficient (Wildman–Crippen LogP) is 0.157. The highest BCUT2D eigenvalue weighted by Crippen LogP contribution is 2.11. The van der Waals surface area contributed by atoms with E-state index in [4.69, 9.17) is 0 Å². The average Bonchev–Trinajstić information content (AvgIpc) is 2.38. The van der Waals surface area contributed by atoms with Crippen LogP contribution in [-0.2, 0) is 9.84 Å². The number of hydrogen-bond donors (Lipinski definition) is 1. The topological polar surface area (TPSA) is 69.7 Å². The first-order valence-corrected chi connectivity index (χ1v) is 8.58. The van der Waals surface area contributed by atoms with Crippen molar-refractivity contribution in [2.75, 3.05) is 45.2 Å². The van der Waals surface area contributed by atoms with Gasteiger partial charge in [-0.05, 0) is 12.8 Å². The number of carbonyl (C=O) groups excluding carboxylic acids is 1. The van der Waals surface area contributed by atoms with Gasteiger partial charge in [0.1, 0.15) is 0 Å². The largest absolute Gasteiger partial charge is 0.331 e. The van der Waals surface area contributed by atoms with Gasteiger partial charge >= 0.3 is 6.03 Å². The summed E-state index contributed by atoms with van der Waals surface area (Å²) in [7, 11) is 0.615. The van der Waals surface area contributed by atoms with Crippen LogP contribution < -0.4 is 5.32 Å². The Morgan fingerprint density at radius 2 is 1.89 bits per heavy atom. The lowest BCUT2D eigenvalue weighted by molar-refractivity contribution is 0.153. The van der Waals surface area contributed by atoms with Gasteiger partial charge in [0.05, 0.1) is 5.75 Å². The SMILES string of the molecule is CCS(=O)(=O)CCNC1CCN(C(=O)N(C)C)CC1. The monoisotopic (exact) mass is 291 g/mol. The fourth-order valence-corrected chi connectivity index (χ4v) is 2.84. The Labute approximate surface area is 116 Å². The molecule has 0 aromatic carbocycles. The Morgan fingerprint density at radius 3 is 2.37 bits per heavy atom. The van der Waals surface area contributed by atoms with Gasteiger partial charge < -0.3 is 15.1 Å². The molecule has 0 aromatic rings. The van der Waals surface area contributed by atoms with Gasteiger partial charge in [0, 0.05) is 45.5 Å². The molecule has 0 radical (unpaired) electrons. The van der Waals surface area contributed by atoms with Gasteiger partial charge in [0.15, 0.2) is 9.84 Å². The van der Waals surface area contributed by atoms with Crippen molar-refractivity contribution in [2.45, 2.75) is 25.8 Å². The standard InChI is InChI=1S/C12H25N3O3S/c1-4-19(17,18)10-7-13-11-5-8-15(9-6-11)12(16)14(2)3/h11,13H,4-10H2,1-3H3. The molecule has 0 bridgehead atoms. The summed E-state index contributed by atoms with van der Waals surface area (Å²) in [5, 5.41) is 3.27. The van der Waals surface area contributed by atoms with Crippen molar-refractivity contribution in [3.63, 3.8) is 0 Å². The number of piperidine rings is 1. The number of urea groups is 1. The van der Waals surface area contributed by atoms with Gasteiger partial charge in [0.25, 0.3) is 0 Å². The third-order valence-corrected chi connectivity index (χ3v) is 5.14. The van der Waals surface area contributed by atoms with E-state index in [1.54, 1.807) is 25.9 Å². The first-order chi connectivity index (χ1) is 8.85. The summed E-state index contributed by atoms with van der Waals surface area (Å²) in [5.74, 6) is 0.394. The third-order valence-electron chi connectivity index (χ3n) is 3.43. The number of nitrogens with one attached hydrogen (secondary N) is 1. The Kier molecular flexibility index (Phi) is 6.06. The third kappa shape index (κ3) is 5.36. The first-order valence-electron chi connectivity index (χ1n) is 6.75. The second-order valence-corrected chi connectivity index (χ2v) is 7.60. The van der Waals surface area contributed by atoms with Gasteiger partial charge in [-0.3, -0.25) is 0 Å². The van der Waals surface area contributed by atoms with E-state index in [0.717, 1.165) is 25.9 Å². The van der Waals surface area contributed by atoms with Crippen molar-refractivity contribution in [2.24, 2.45) is 0 Å². The summed E-state index contributed by atoms with van der Waals surface area (Å²) in [6, 6.07) is 0.366. The van der Waals surface area contributed by atoms with Gasteiger partial charge in [-0.1, -0.05) is 6.92 Å². The summed E-state index contributed by atoms with van der Waals surface area (Å²) in [6.45, 7) is 3.63. The maximum Gasteiger partial charge on any atom is 0.319 e. The molecule has 0 atom stereocenters. The molecule has 1 saturated heterocycles. The Bertz CT molecular complexity index is 387. The van der Waals surface area contributed by atoms with E-state index in [2.05, 4.69) is 5.32 Å². The molecule has 0 aliphatic carbocycles. The second-order valence-electron chi connectivity index (χ2n) is 5.13. The fourth-order valence-electron chi connectivity index (χ4n) is 2.12. The lowest BCUT2D eigenvalue weighted by Crippen LogP contribution is -2.48. The Morgan fingerprint density at radius 1 is 1.32 bits per heavy atom. The number of nitrogens with zero attached hydrogens (tertiary/aromatic N) is 2. The summed E-state index contributed by atoms with van der Waals surface area (Å²) in [5.41, 5.74) is 0. The smallest absolute Gasteiger partial charge is 0.319 e. The molecule has 6 nitrogen and oxygen atoms in total. The molecule has 0 unspecified atom stereocenters. The summed E-state index contributed by atoms with van der Waals surface area (Å²) < 4.78 is 22.7. The highest BCUT2D eigenvalue weighted by Gasteiger charge is 2.23. The van der Waals surface area contributed by atoms with Crippen LogP contribution in [0.1, 0.15) is 19.8 Å². The molecule has 1 fully saturated rings. The quantitative estimate of drug-likeness (QED) is 0.783. The van der Waals surface area contributed by atoms with E-state index in [1.807, 2.05) is 4.90 Å². The highest BCUT2D eigenvalue weighted by atomic mass is 32.2. The molecule has 0 saturated carbocycles. The summed E-state index contributed by atoms with van der Waals surface area (Å²) in [4.78, 5) is 15.2. The minimum Gasteiger partial charge on any atom is -0.331 e. The van der Waals surface area contributed by atoms with Crippen LogP contribution in [0.3, 0.4) is 0 Å². The normalized spacial score (nSPS) is 17.5. The van der Waals surface area contributed by atoms with Crippen molar-refractivity contribution in [3.05, 3.63) is 0 Å². The minimum atomic E-state index is -2.89. The Balaban J connectivity index is 2.26. The number of likely N-dealkylation sites (tertiary alicyclic amines) is 1. The van der Waals surface area contributed by atoms with Crippen LogP contribution in [0.2, 0.25) is 0 Å². The van der Waals surface area contributed by atoms with Crippen molar-refractivity contribution in [3.8, 4) is 0 Å². The minimum absolute atomic E-state index is 0.0482. The molecule has 7 heteroatoms. The molecule has 1 N–H and O–H groups in total. The molecule has 112 valence electrons. The summed E-state index contributed by atoms with van der Waals surface area (Å²) >= 11 is 0. The molecule has 1 aliphatic rings. The van der Waals surface area contributed by atoms with Crippen LogP contribution >= 0.6 is 0 Å². The van der Waals surface area contributed by atoms with Crippen LogP contribution in [0, 0.1) is 0 Å². The average molecular weight is 291 g/mol.